The molecule has 1 atom stereocenters. The first-order valence-electron chi connectivity index (χ1n) is 8.65. The minimum absolute atomic E-state index is 0.00615. The number of likely N-dealkylation sites (tertiary alicyclic amines) is 1. The zero-order valence-corrected chi connectivity index (χ0v) is 15.2. The van der Waals surface area contributed by atoms with Crippen molar-refractivity contribution in [2.24, 2.45) is 0 Å². The van der Waals surface area contributed by atoms with Crippen LogP contribution in [0.2, 0.25) is 0 Å². The van der Waals surface area contributed by atoms with E-state index in [0.29, 0.717) is 5.56 Å². The quantitative estimate of drug-likeness (QED) is 0.840. The van der Waals surface area contributed by atoms with E-state index < -0.39 is 24.1 Å². The van der Waals surface area contributed by atoms with Gasteiger partial charge in [-0.1, -0.05) is 30.3 Å². The largest absolute Gasteiger partial charge is 0.479 e. The maximum absolute atomic E-state index is 14.3. The van der Waals surface area contributed by atoms with Gasteiger partial charge in [0.1, 0.15) is 0 Å². The zero-order chi connectivity index (χ0) is 19.8. The second-order valence-corrected chi connectivity index (χ2v) is 6.92. The molecule has 2 aromatic carbocycles. The molecule has 1 aliphatic heterocycles. The van der Waals surface area contributed by atoms with Crippen LogP contribution in [-0.2, 0) is 4.79 Å². The highest BCUT2D eigenvalue weighted by molar-refractivity contribution is 6.15. The number of carbonyl (C=O) groups is 3. The average Bonchev–Trinajstić information content (AvgIpc) is 3.06. The van der Waals surface area contributed by atoms with Crippen LogP contribution in [0.15, 0.2) is 42.5 Å². The number of nitrogens with zero attached hydrogens (tertiary/aromatic N) is 1. The fourth-order valence-corrected chi connectivity index (χ4v) is 3.20. The van der Waals surface area contributed by atoms with Gasteiger partial charge < -0.3 is 10.0 Å². The van der Waals surface area contributed by atoms with Crippen molar-refractivity contribution in [3.8, 4) is 0 Å². The molecule has 1 N–H and O–H groups in total. The molecule has 3 rings (SSSR count). The summed E-state index contributed by atoms with van der Waals surface area (Å²) < 4.78 is 14.3. The van der Waals surface area contributed by atoms with Crippen LogP contribution in [0.25, 0.3) is 0 Å². The molecule has 140 valence electrons. The lowest BCUT2D eigenvalue weighted by Crippen LogP contribution is -2.39. The molecule has 0 spiro atoms. The highest BCUT2D eigenvalue weighted by Crippen LogP contribution is 2.28. The van der Waals surface area contributed by atoms with E-state index in [1.165, 1.54) is 6.07 Å². The maximum atomic E-state index is 14.3. The Morgan fingerprint density at radius 1 is 1.04 bits per heavy atom. The zero-order valence-electron chi connectivity index (χ0n) is 15.2. The normalized spacial score (nSPS) is 19.1. The van der Waals surface area contributed by atoms with Gasteiger partial charge in [0.15, 0.2) is 5.78 Å². The minimum Gasteiger partial charge on any atom is -0.479 e. The van der Waals surface area contributed by atoms with Gasteiger partial charge in [0.2, 0.25) is 5.67 Å². The highest BCUT2D eigenvalue weighted by Gasteiger charge is 2.47. The Morgan fingerprint density at radius 2 is 1.70 bits per heavy atom. The van der Waals surface area contributed by atoms with Gasteiger partial charge in [0.05, 0.1) is 12.1 Å². The number of ketones is 1. The Hall–Kier alpha value is -3.02. The lowest BCUT2D eigenvalue weighted by atomic mass is 9.95. The molecule has 0 aromatic heterocycles. The summed E-state index contributed by atoms with van der Waals surface area (Å²) in [5.41, 5.74) is 0.412. The van der Waals surface area contributed by atoms with Crippen LogP contribution in [0.5, 0.6) is 0 Å². The minimum atomic E-state index is -2.44. The predicted octanol–water partition coefficient (Wildman–Crippen LogP) is 3.17. The van der Waals surface area contributed by atoms with E-state index in [9.17, 15) is 18.8 Å². The van der Waals surface area contributed by atoms with Gasteiger partial charge in [0.25, 0.3) is 5.91 Å². The summed E-state index contributed by atoms with van der Waals surface area (Å²) in [6, 6.07) is 11.7. The molecule has 6 heteroatoms. The van der Waals surface area contributed by atoms with E-state index in [4.69, 9.17) is 5.11 Å². The molecule has 1 saturated heterocycles. The number of aryl methyl sites for hydroxylation is 2. The van der Waals surface area contributed by atoms with Crippen molar-refractivity contribution in [1.29, 1.82) is 0 Å². The Morgan fingerprint density at radius 3 is 2.30 bits per heavy atom. The third kappa shape index (κ3) is 3.47. The van der Waals surface area contributed by atoms with E-state index in [2.05, 4.69) is 0 Å². The van der Waals surface area contributed by atoms with Crippen molar-refractivity contribution in [2.45, 2.75) is 25.9 Å². The topological polar surface area (TPSA) is 74.7 Å². The number of amides is 1. The van der Waals surface area contributed by atoms with Crippen LogP contribution in [0.4, 0.5) is 4.39 Å². The van der Waals surface area contributed by atoms with E-state index in [0.717, 1.165) is 16.0 Å². The summed E-state index contributed by atoms with van der Waals surface area (Å²) in [5, 5.41) is 9.02. The van der Waals surface area contributed by atoms with E-state index in [-0.39, 0.29) is 29.9 Å². The first kappa shape index (κ1) is 18.8. The predicted molar refractivity (Wildman–Crippen MR) is 97.8 cm³/mol. The van der Waals surface area contributed by atoms with Crippen molar-refractivity contribution in [3.05, 3.63) is 70.3 Å². The van der Waals surface area contributed by atoms with Gasteiger partial charge in [-0.05, 0) is 37.1 Å². The molecule has 0 saturated carbocycles. The number of hydrogen-bond acceptors (Lipinski definition) is 3. The Kier molecular flexibility index (Phi) is 4.83. The number of carboxylic acids is 1. The SMILES string of the molecule is Cc1ccc(C(=O)c2ccccc2C(=O)N2CCC(F)(C(=O)O)C2)cc1C. The number of carbonyl (C=O) groups excluding carboxylic acids is 2. The van der Waals surface area contributed by atoms with E-state index >= 15 is 0 Å². The number of rotatable bonds is 4. The van der Waals surface area contributed by atoms with Crippen molar-refractivity contribution in [1.82, 2.24) is 4.90 Å². The molecule has 2 aromatic rings. The van der Waals surface area contributed by atoms with E-state index in [1.807, 2.05) is 19.9 Å². The Bertz CT molecular complexity index is 940. The summed E-state index contributed by atoms with van der Waals surface area (Å²) >= 11 is 0. The van der Waals surface area contributed by atoms with Gasteiger partial charge >= 0.3 is 5.97 Å². The third-order valence-electron chi connectivity index (χ3n) is 5.06. The highest BCUT2D eigenvalue weighted by atomic mass is 19.1. The summed E-state index contributed by atoms with van der Waals surface area (Å²) in [6.45, 7) is 3.32. The number of benzene rings is 2. The van der Waals surface area contributed by atoms with Crippen LogP contribution < -0.4 is 0 Å². The molecule has 27 heavy (non-hydrogen) atoms. The molecular formula is C21H20FNO4. The summed E-state index contributed by atoms with van der Waals surface area (Å²) in [6.07, 6.45) is -0.263. The standard InChI is InChI=1S/C21H20FNO4/c1-13-7-8-15(11-14(13)2)18(24)16-5-3-4-6-17(16)19(25)23-10-9-21(22,12-23)20(26)27/h3-8,11H,9-10,12H2,1-2H3,(H,26,27). The number of carboxylic acid groups (broad SMARTS) is 1. The van der Waals surface area contributed by atoms with Crippen LogP contribution >= 0.6 is 0 Å². The molecule has 1 amide bonds. The monoisotopic (exact) mass is 369 g/mol. The summed E-state index contributed by atoms with van der Waals surface area (Å²) in [5.74, 6) is -2.41. The third-order valence-corrected chi connectivity index (χ3v) is 5.06. The molecule has 1 fully saturated rings. The molecular weight excluding hydrogens is 349 g/mol. The summed E-state index contributed by atoms with van der Waals surface area (Å²) in [4.78, 5) is 38.0. The molecule has 1 aliphatic rings. The fourth-order valence-electron chi connectivity index (χ4n) is 3.20. The molecule has 0 bridgehead atoms. The van der Waals surface area contributed by atoms with Crippen molar-refractivity contribution < 1.29 is 23.9 Å². The van der Waals surface area contributed by atoms with Gasteiger partial charge in [-0.2, -0.15) is 0 Å². The number of aliphatic carboxylic acids is 1. The van der Waals surface area contributed by atoms with Crippen LogP contribution in [0, 0.1) is 13.8 Å². The van der Waals surface area contributed by atoms with Crippen LogP contribution in [0.3, 0.4) is 0 Å². The second kappa shape index (κ2) is 6.95. The number of alkyl halides is 1. The van der Waals surface area contributed by atoms with Crippen molar-refractivity contribution in [2.75, 3.05) is 13.1 Å². The number of hydrogen-bond donors (Lipinski definition) is 1. The lowest BCUT2D eigenvalue weighted by molar-refractivity contribution is -0.149. The second-order valence-electron chi connectivity index (χ2n) is 6.92. The average molecular weight is 369 g/mol. The van der Waals surface area contributed by atoms with Gasteiger partial charge in [0, 0.05) is 24.1 Å². The summed E-state index contributed by atoms with van der Waals surface area (Å²) in [7, 11) is 0. The van der Waals surface area contributed by atoms with Gasteiger partial charge in [-0.15, -0.1) is 0 Å². The maximum Gasteiger partial charge on any atom is 0.343 e. The van der Waals surface area contributed by atoms with Crippen LogP contribution in [0.1, 0.15) is 43.8 Å². The van der Waals surface area contributed by atoms with Crippen LogP contribution in [-0.4, -0.2) is 46.4 Å². The van der Waals surface area contributed by atoms with Crippen molar-refractivity contribution in [3.63, 3.8) is 0 Å². The molecule has 0 radical (unpaired) electrons. The van der Waals surface area contributed by atoms with Crippen molar-refractivity contribution >= 4 is 17.7 Å². The number of halogens is 1. The molecule has 0 aliphatic carbocycles. The first-order valence-corrected chi connectivity index (χ1v) is 8.65. The first-order chi connectivity index (χ1) is 12.7. The molecule has 1 unspecified atom stereocenters. The Labute approximate surface area is 156 Å². The smallest absolute Gasteiger partial charge is 0.343 e. The Balaban J connectivity index is 1.92. The molecule has 5 nitrogen and oxygen atoms in total. The van der Waals surface area contributed by atoms with E-state index in [1.54, 1.807) is 30.3 Å². The fraction of sp³-hybridized carbons (Fsp3) is 0.286. The lowest BCUT2D eigenvalue weighted by Gasteiger charge is -2.19. The molecule has 1 heterocycles. The van der Waals surface area contributed by atoms with Gasteiger partial charge in [-0.3, -0.25) is 9.59 Å². The van der Waals surface area contributed by atoms with Gasteiger partial charge in [-0.25, -0.2) is 9.18 Å².